The van der Waals surface area contributed by atoms with Gasteiger partial charge in [0.2, 0.25) is 0 Å². The van der Waals surface area contributed by atoms with Crippen molar-refractivity contribution in [1.82, 2.24) is 0 Å². The highest BCUT2D eigenvalue weighted by Gasteiger charge is 2.33. The van der Waals surface area contributed by atoms with E-state index >= 15 is 0 Å². The van der Waals surface area contributed by atoms with Gasteiger partial charge in [-0.1, -0.05) is 17.7 Å². The fourth-order valence-electron chi connectivity index (χ4n) is 3.00. The Bertz CT molecular complexity index is 1310. The molecule has 3 rings (SSSR count). The molecular weight excluding hydrogens is 497 g/mol. The second kappa shape index (κ2) is 9.82. The number of anilines is 2. The van der Waals surface area contributed by atoms with Crippen LogP contribution in [-0.4, -0.2) is 28.5 Å². The van der Waals surface area contributed by atoms with Crippen LogP contribution in [0.1, 0.15) is 15.9 Å². The minimum atomic E-state index is -4.75. The lowest BCUT2D eigenvalue weighted by Gasteiger charge is -2.14. The first-order valence-corrected chi connectivity index (χ1v) is 11.3. The first-order valence-electron chi connectivity index (χ1n) is 9.48. The van der Waals surface area contributed by atoms with E-state index in [-0.39, 0.29) is 27.6 Å². The van der Waals surface area contributed by atoms with Crippen LogP contribution in [-0.2, 0) is 16.2 Å². The van der Waals surface area contributed by atoms with Gasteiger partial charge in [0.1, 0.15) is 0 Å². The van der Waals surface area contributed by atoms with Crippen molar-refractivity contribution in [3.63, 3.8) is 0 Å². The lowest BCUT2D eigenvalue weighted by Crippen LogP contribution is -2.15. The van der Waals surface area contributed by atoms with Gasteiger partial charge in [0.15, 0.2) is 11.5 Å². The highest BCUT2D eigenvalue weighted by atomic mass is 35.5. The molecule has 3 aromatic rings. The van der Waals surface area contributed by atoms with E-state index in [1.165, 1.54) is 44.6 Å². The predicted molar refractivity (Wildman–Crippen MR) is 121 cm³/mol. The second-order valence-electron chi connectivity index (χ2n) is 6.82. The average molecular weight is 515 g/mol. The summed E-state index contributed by atoms with van der Waals surface area (Å²) in [5, 5.41) is 2.06. The molecule has 0 saturated heterocycles. The summed E-state index contributed by atoms with van der Waals surface area (Å²) in [5.41, 5.74) is -0.997. The monoisotopic (exact) mass is 514 g/mol. The van der Waals surface area contributed by atoms with Crippen molar-refractivity contribution in [2.75, 3.05) is 24.3 Å². The SMILES string of the molecule is COc1cccc(C(=O)Nc2ccc(S(=O)(=O)Nc3ccc(Cl)c(C(F)(F)F)c3)cc2)c1OC. The van der Waals surface area contributed by atoms with Crippen molar-refractivity contribution in [3.05, 3.63) is 76.8 Å². The molecule has 0 aliphatic carbocycles. The van der Waals surface area contributed by atoms with Crippen molar-refractivity contribution in [1.29, 1.82) is 0 Å². The van der Waals surface area contributed by atoms with Crippen molar-refractivity contribution in [3.8, 4) is 11.5 Å². The third-order valence-electron chi connectivity index (χ3n) is 4.59. The summed E-state index contributed by atoms with van der Waals surface area (Å²) >= 11 is 5.56. The van der Waals surface area contributed by atoms with Crippen LogP contribution in [0, 0.1) is 0 Å². The van der Waals surface area contributed by atoms with Gasteiger partial charge in [0.05, 0.1) is 35.3 Å². The van der Waals surface area contributed by atoms with E-state index < -0.39 is 32.7 Å². The maximum absolute atomic E-state index is 13.0. The Morgan fingerprint density at radius 1 is 0.941 bits per heavy atom. The lowest BCUT2D eigenvalue weighted by atomic mass is 10.1. The van der Waals surface area contributed by atoms with E-state index in [2.05, 4.69) is 10.0 Å². The first-order chi connectivity index (χ1) is 16.0. The van der Waals surface area contributed by atoms with Crippen LogP contribution in [0.2, 0.25) is 5.02 Å². The molecule has 0 radical (unpaired) electrons. The van der Waals surface area contributed by atoms with Gasteiger partial charge in [0.25, 0.3) is 15.9 Å². The van der Waals surface area contributed by atoms with Crippen LogP contribution in [0.5, 0.6) is 11.5 Å². The molecule has 0 saturated carbocycles. The summed E-state index contributed by atoms with van der Waals surface area (Å²) in [4.78, 5) is 12.4. The van der Waals surface area contributed by atoms with E-state index in [9.17, 15) is 26.4 Å². The topological polar surface area (TPSA) is 93.7 Å². The molecule has 0 heterocycles. The van der Waals surface area contributed by atoms with Gasteiger partial charge in [-0.2, -0.15) is 13.2 Å². The fourth-order valence-corrected chi connectivity index (χ4v) is 4.28. The van der Waals surface area contributed by atoms with E-state index in [0.717, 1.165) is 12.1 Å². The van der Waals surface area contributed by atoms with Gasteiger partial charge >= 0.3 is 6.18 Å². The van der Waals surface area contributed by atoms with Crippen molar-refractivity contribution >= 4 is 38.9 Å². The zero-order valence-electron chi connectivity index (χ0n) is 17.7. The van der Waals surface area contributed by atoms with Crippen LogP contribution in [0.4, 0.5) is 24.5 Å². The van der Waals surface area contributed by atoms with Crippen LogP contribution >= 0.6 is 11.6 Å². The zero-order chi connectivity index (χ0) is 25.1. The number of carbonyl (C=O) groups excluding carboxylic acids is 1. The van der Waals surface area contributed by atoms with Crippen molar-refractivity contribution < 1.29 is 35.9 Å². The zero-order valence-corrected chi connectivity index (χ0v) is 19.3. The standard InChI is InChI=1S/C22H18ClF3N2O5S/c1-32-19-5-3-4-16(20(19)33-2)21(29)27-13-6-9-15(10-7-13)34(30,31)28-14-8-11-18(23)17(12-14)22(24,25)26/h3-12,28H,1-2H3,(H,27,29). The number of benzene rings is 3. The fraction of sp³-hybridized carbons (Fsp3) is 0.136. The Balaban J connectivity index is 1.79. The molecule has 7 nitrogen and oxygen atoms in total. The number of ether oxygens (including phenoxy) is 2. The molecule has 0 spiro atoms. The van der Waals surface area contributed by atoms with Gasteiger partial charge in [-0.05, 0) is 54.6 Å². The molecule has 0 unspecified atom stereocenters. The van der Waals surface area contributed by atoms with Crippen LogP contribution in [0.3, 0.4) is 0 Å². The molecule has 0 atom stereocenters. The van der Waals surface area contributed by atoms with Gasteiger partial charge < -0.3 is 14.8 Å². The number of para-hydroxylation sites is 1. The minimum absolute atomic E-state index is 0.198. The van der Waals surface area contributed by atoms with Gasteiger partial charge in [-0.25, -0.2) is 8.42 Å². The Morgan fingerprint density at radius 3 is 2.18 bits per heavy atom. The molecule has 1 amide bonds. The average Bonchev–Trinajstić information content (AvgIpc) is 2.79. The smallest absolute Gasteiger partial charge is 0.417 e. The summed E-state index contributed by atoms with van der Waals surface area (Å²) in [6.45, 7) is 0. The Morgan fingerprint density at radius 2 is 1.59 bits per heavy atom. The molecule has 0 aliphatic rings. The van der Waals surface area contributed by atoms with Crippen LogP contribution in [0.25, 0.3) is 0 Å². The lowest BCUT2D eigenvalue weighted by molar-refractivity contribution is -0.137. The molecule has 0 fully saturated rings. The van der Waals surface area contributed by atoms with Gasteiger partial charge in [-0.15, -0.1) is 0 Å². The number of methoxy groups -OCH3 is 2. The molecule has 180 valence electrons. The molecule has 2 N–H and O–H groups in total. The maximum atomic E-state index is 13.0. The molecule has 0 aliphatic heterocycles. The number of alkyl halides is 3. The number of halogens is 4. The Labute approximate surface area is 198 Å². The predicted octanol–water partition coefficient (Wildman–Crippen LogP) is 5.43. The third kappa shape index (κ3) is 5.54. The number of hydrogen-bond donors (Lipinski definition) is 2. The van der Waals surface area contributed by atoms with Gasteiger partial charge in [-0.3, -0.25) is 9.52 Å². The van der Waals surface area contributed by atoms with Crippen LogP contribution < -0.4 is 19.5 Å². The number of hydrogen-bond acceptors (Lipinski definition) is 5. The molecule has 34 heavy (non-hydrogen) atoms. The highest BCUT2D eigenvalue weighted by molar-refractivity contribution is 7.92. The third-order valence-corrected chi connectivity index (χ3v) is 6.32. The molecule has 0 aromatic heterocycles. The minimum Gasteiger partial charge on any atom is -0.493 e. The second-order valence-corrected chi connectivity index (χ2v) is 8.91. The normalized spacial score (nSPS) is 11.6. The van der Waals surface area contributed by atoms with E-state index in [1.807, 2.05) is 0 Å². The van der Waals surface area contributed by atoms with Crippen molar-refractivity contribution in [2.45, 2.75) is 11.1 Å². The van der Waals surface area contributed by atoms with Gasteiger partial charge in [0, 0.05) is 11.4 Å². The summed E-state index contributed by atoms with van der Waals surface area (Å²) in [7, 11) is -1.40. The Hall–Kier alpha value is -3.44. The van der Waals surface area contributed by atoms with E-state index in [0.29, 0.717) is 11.8 Å². The molecule has 3 aromatic carbocycles. The molecular formula is C22H18ClF3N2O5S. The largest absolute Gasteiger partial charge is 0.493 e. The van der Waals surface area contributed by atoms with Crippen LogP contribution in [0.15, 0.2) is 65.6 Å². The number of sulfonamides is 1. The van der Waals surface area contributed by atoms with Crippen molar-refractivity contribution in [2.24, 2.45) is 0 Å². The maximum Gasteiger partial charge on any atom is 0.417 e. The Kier molecular flexibility index (Phi) is 7.27. The first kappa shape index (κ1) is 25.2. The molecule has 0 bridgehead atoms. The summed E-state index contributed by atoms with van der Waals surface area (Å²) in [6.07, 6.45) is -4.75. The quantitative estimate of drug-likeness (QED) is 0.438. The van der Waals surface area contributed by atoms with E-state index in [1.54, 1.807) is 12.1 Å². The summed E-state index contributed by atoms with van der Waals surface area (Å²) < 4.78 is 76.8. The van der Waals surface area contributed by atoms with E-state index in [4.69, 9.17) is 21.1 Å². The number of amides is 1. The summed E-state index contributed by atoms with van der Waals surface area (Å²) in [5.74, 6) is 0.0657. The number of carbonyl (C=O) groups is 1. The molecule has 12 heteroatoms. The number of nitrogens with one attached hydrogen (secondary N) is 2. The number of rotatable bonds is 7. The highest BCUT2D eigenvalue weighted by Crippen LogP contribution is 2.36. The summed E-state index contributed by atoms with van der Waals surface area (Å²) in [6, 6.07) is 12.5.